The molecule has 3 N–H and O–H groups in total. The lowest BCUT2D eigenvalue weighted by Crippen LogP contribution is -2.44. The molecule has 122 valence electrons. The first kappa shape index (κ1) is 13.9. The molecule has 0 bridgehead atoms. The van der Waals surface area contributed by atoms with Crippen LogP contribution < -0.4 is 10.6 Å². The summed E-state index contributed by atoms with van der Waals surface area (Å²) in [6, 6.07) is 8.79. The number of imidazole rings is 1. The Bertz CT molecular complexity index is 860. The Balaban J connectivity index is 1.38. The molecule has 1 unspecified atom stereocenters. The summed E-state index contributed by atoms with van der Waals surface area (Å²) in [4.78, 5) is 18.7. The Kier molecular flexibility index (Phi) is 2.91. The third-order valence-corrected chi connectivity index (χ3v) is 5.77. The van der Waals surface area contributed by atoms with Crippen molar-refractivity contribution in [3.63, 3.8) is 0 Å². The van der Waals surface area contributed by atoms with Crippen molar-refractivity contribution >= 4 is 17.2 Å². The van der Waals surface area contributed by atoms with E-state index in [0.29, 0.717) is 5.65 Å². The van der Waals surface area contributed by atoms with Crippen LogP contribution in [0.15, 0.2) is 36.7 Å². The molecular formula is C18H20N6. The third kappa shape index (κ3) is 1.96. The lowest BCUT2D eigenvalue weighted by atomic mass is 9.73. The van der Waals surface area contributed by atoms with E-state index < -0.39 is 0 Å². The molecule has 1 aliphatic carbocycles. The van der Waals surface area contributed by atoms with Crippen LogP contribution in [0.5, 0.6) is 0 Å². The molecule has 1 spiro atoms. The number of fused-ring (bicyclic) bond motifs is 2. The molecular weight excluding hydrogens is 300 g/mol. The Labute approximate surface area is 140 Å². The summed E-state index contributed by atoms with van der Waals surface area (Å²) in [5, 5.41) is 0. The second-order valence-electron chi connectivity index (χ2n) is 6.99. The van der Waals surface area contributed by atoms with E-state index in [-0.39, 0.29) is 11.5 Å². The van der Waals surface area contributed by atoms with Crippen LogP contribution in [-0.2, 0) is 6.42 Å². The molecule has 6 heteroatoms. The first-order valence-electron chi connectivity index (χ1n) is 8.50. The molecule has 1 atom stereocenters. The van der Waals surface area contributed by atoms with Gasteiger partial charge in [-0.3, -0.25) is 0 Å². The van der Waals surface area contributed by atoms with Gasteiger partial charge < -0.3 is 15.6 Å². The molecule has 1 aliphatic heterocycles. The van der Waals surface area contributed by atoms with E-state index in [1.165, 1.54) is 11.1 Å². The maximum Gasteiger partial charge on any atom is 0.206 e. The van der Waals surface area contributed by atoms with E-state index in [0.717, 1.165) is 43.9 Å². The largest absolute Gasteiger partial charge is 0.342 e. The molecule has 1 saturated heterocycles. The van der Waals surface area contributed by atoms with E-state index in [9.17, 15) is 0 Å². The number of anilines is 1. The number of aromatic amines is 1. The van der Waals surface area contributed by atoms with E-state index in [4.69, 9.17) is 5.73 Å². The van der Waals surface area contributed by atoms with Gasteiger partial charge in [0.25, 0.3) is 0 Å². The monoisotopic (exact) mass is 320 g/mol. The van der Waals surface area contributed by atoms with Crippen LogP contribution in [0.1, 0.15) is 30.0 Å². The zero-order valence-electron chi connectivity index (χ0n) is 13.4. The summed E-state index contributed by atoms with van der Waals surface area (Å²) in [7, 11) is 0. The first-order chi connectivity index (χ1) is 11.8. The van der Waals surface area contributed by atoms with Crippen molar-refractivity contribution in [2.45, 2.75) is 25.3 Å². The normalized spacial score (nSPS) is 22.2. The van der Waals surface area contributed by atoms with Crippen molar-refractivity contribution in [3.05, 3.63) is 47.8 Å². The summed E-state index contributed by atoms with van der Waals surface area (Å²) in [6.07, 6.45) is 6.63. The Morgan fingerprint density at radius 3 is 2.71 bits per heavy atom. The minimum absolute atomic E-state index is 0.148. The second-order valence-corrected chi connectivity index (χ2v) is 6.99. The number of benzene rings is 1. The number of H-pyrrole nitrogens is 1. The average molecular weight is 320 g/mol. The average Bonchev–Trinajstić information content (AvgIpc) is 3.16. The number of hydrogen-bond donors (Lipinski definition) is 2. The maximum atomic E-state index is 6.64. The second kappa shape index (κ2) is 5.01. The van der Waals surface area contributed by atoms with Gasteiger partial charge in [-0.05, 0) is 35.8 Å². The predicted octanol–water partition coefficient (Wildman–Crippen LogP) is 2.20. The van der Waals surface area contributed by atoms with Crippen molar-refractivity contribution in [1.29, 1.82) is 0 Å². The molecule has 0 radical (unpaired) electrons. The first-order valence-corrected chi connectivity index (χ1v) is 8.50. The van der Waals surface area contributed by atoms with Crippen molar-refractivity contribution in [1.82, 2.24) is 19.9 Å². The molecule has 3 heterocycles. The quantitative estimate of drug-likeness (QED) is 0.718. The summed E-state index contributed by atoms with van der Waals surface area (Å²) in [6.45, 7) is 1.92. The highest BCUT2D eigenvalue weighted by Gasteiger charge is 2.46. The number of rotatable bonds is 1. The van der Waals surface area contributed by atoms with Gasteiger partial charge in [-0.2, -0.15) is 4.98 Å². The smallest absolute Gasteiger partial charge is 0.206 e. The number of nitrogens with two attached hydrogens (primary N) is 1. The van der Waals surface area contributed by atoms with Gasteiger partial charge in [0, 0.05) is 31.5 Å². The minimum atomic E-state index is 0.148. The predicted molar refractivity (Wildman–Crippen MR) is 92.6 cm³/mol. The number of nitrogens with one attached hydrogen (secondary N) is 1. The molecule has 0 amide bonds. The topological polar surface area (TPSA) is 83.7 Å². The van der Waals surface area contributed by atoms with Crippen LogP contribution in [0.4, 0.5) is 5.95 Å². The SMILES string of the molecule is NC1c2ccccc2CC12CCN(c1nc3nccnc3[nH]1)CC2. The van der Waals surface area contributed by atoms with E-state index in [1.807, 2.05) is 0 Å². The molecule has 1 aromatic carbocycles. The molecule has 2 aliphatic rings. The zero-order chi connectivity index (χ0) is 16.1. The number of hydrogen-bond acceptors (Lipinski definition) is 5. The van der Waals surface area contributed by atoms with Crippen LogP contribution in [-0.4, -0.2) is 33.0 Å². The maximum absolute atomic E-state index is 6.64. The molecule has 0 saturated carbocycles. The summed E-state index contributed by atoms with van der Waals surface area (Å²) in [5.74, 6) is 0.870. The highest BCUT2D eigenvalue weighted by Crippen LogP contribution is 2.50. The van der Waals surface area contributed by atoms with Crippen molar-refractivity contribution in [3.8, 4) is 0 Å². The van der Waals surface area contributed by atoms with Gasteiger partial charge in [0.1, 0.15) is 0 Å². The van der Waals surface area contributed by atoms with Crippen molar-refractivity contribution in [2.24, 2.45) is 11.1 Å². The third-order valence-electron chi connectivity index (χ3n) is 5.77. The Morgan fingerprint density at radius 2 is 1.92 bits per heavy atom. The molecule has 24 heavy (non-hydrogen) atoms. The molecule has 5 rings (SSSR count). The summed E-state index contributed by atoms with van der Waals surface area (Å²) >= 11 is 0. The van der Waals surface area contributed by atoms with Crippen LogP contribution in [0.25, 0.3) is 11.3 Å². The van der Waals surface area contributed by atoms with Gasteiger partial charge in [-0.15, -0.1) is 0 Å². The van der Waals surface area contributed by atoms with Gasteiger partial charge in [-0.1, -0.05) is 24.3 Å². The van der Waals surface area contributed by atoms with Crippen LogP contribution in [0, 0.1) is 5.41 Å². The van der Waals surface area contributed by atoms with E-state index in [2.05, 4.69) is 49.1 Å². The zero-order valence-corrected chi connectivity index (χ0v) is 13.4. The lowest BCUT2D eigenvalue weighted by molar-refractivity contribution is 0.187. The van der Waals surface area contributed by atoms with Crippen LogP contribution >= 0.6 is 0 Å². The fourth-order valence-electron chi connectivity index (χ4n) is 4.35. The van der Waals surface area contributed by atoms with Gasteiger partial charge >= 0.3 is 0 Å². The highest BCUT2D eigenvalue weighted by molar-refractivity contribution is 5.68. The molecule has 6 nitrogen and oxygen atoms in total. The Morgan fingerprint density at radius 1 is 1.12 bits per heavy atom. The van der Waals surface area contributed by atoms with Gasteiger partial charge in [0.15, 0.2) is 11.3 Å². The fourth-order valence-corrected chi connectivity index (χ4v) is 4.35. The van der Waals surface area contributed by atoms with Crippen molar-refractivity contribution in [2.75, 3.05) is 18.0 Å². The summed E-state index contributed by atoms with van der Waals surface area (Å²) < 4.78 is 0. The molecule has 3 aromatic rings. The van der Waals surface area contributed by atoms with Crippen LogP contribution in [0.3, 0.4) is 0 Å². The van der Waals surface area contributed by atoms with Crippen molar-refractivity contribution < 1.29 is 0 Å². The van der Waals surface area contributed by atoms with Gasteiger partial charge in [0.05, 0.1) is 0 Å². The summed E-state index contributed by atoms with van der Waals surface area (Å²) in [5.41, 5.74) is 11.0. The molecule has 2 aromatic heterocycles. The Hall–Kier alpha value is -2.47. The fraction of sp³-hybridized carbons (Fsp3) is 0.389. The highest BCUT2D eigenvalue weighted by atomic mass is 15.3. The minimum Gasteiger partial charge on any atom is -0.342 e. The number of nitrogens with zero attached hydrogens (tertiary/aromatic N) is 4. The van der Waals surface area contributed by atoms with Gasteiger partial charge in [0.2, 0.25) is 5.95 Å². The lowest BCUT2D eigenvalue weighted by Gasteiger charge is -2.42. The van der Waals surface area contributed by atoms with E-state index >= 15 is 0 Å². The van der Waals surface area contributed by atoms with Gasteiger partial charge in [-0.25, -0.2) is 9.97 Å². The standard InChI is InChI=1S/C18H20N6/c19-14-13-4-2-1-3-12(13)11-18(14)5-9-24(10-6-18)17-22-15-16(23-17)21-8-7-20-15/h1-4,7-8,14H,5-6,9-11,19H2,(H,20,21,22,23). The molecule has 1 fully saturated rings. The number of aromatic nitrogens is 4. The van der Waals surface area contributed by atoms with Crippen LogP contribution in [0.2, 0.25) is 0 Å². The number of piperidine rings is 1. The van der Waals surface area contributed by atoms with E-state index in [1.54, 1.807) is 12.4 Å².